The zero-order chi connectivity index (χ0) is 24.4. The number of hydrogen-bond acceptors (Lipinski definition) is 4. The van der Waals surface area contributed by atoms with Gasteiger partial charge in [-0.05, 0) is 84.3 Å². The van der Waals surface area contributed by atoms with E-state index in [4.69, 9.17) is 0 Å². The van der Waals surface area contributed by atoms with Crippen LogP contribution in [0.15, 0.2) is 69.0 Å². The first-order chi connectivity index (χ1) is 15.2. The van der Waals surface area contributed by atoms with Gasteiger partial charge in [-0.25, -0.2) is 4.99 Å². The fourth-order valence-corrected chi connectivity index (χ4v) is 5.20. The van der Waals surface area contributed by atoms with Crippen LogP contribution in [0.25, 0.3) is 0 Å². The maximum atomic E-state index is 13.6. The predicted octanol–water partition coefficient (Wildman–Crippen LogP) is 6.55. The normalized spacial score (nSPS) is 15.0. The van der Waals surface area contributed by atoms with Crippen LogP contribution in [0.3, 0.4) is 0 Å². The lowest BCUT2D eigenvalue weighted by Gasteiger charge is -2.17. The van der Waals surface area contributed by atoms with Crippen LogP contribution in [0.1, 0.15) is 5.56 Å². The van der Waals surface area contributed by atoms with Crippen molar-refractivity contribution < 1.29 is 30.9 Å². The van der Waals surface area contributed by atoms with Crippen molar-refractivity contribution in [3.63, 3.8) is 0 Å². The minimum Gasteiger partial charge on any atom is -0.340 e. The molecule has 1 aliphatic heterocycles. The molecule has 176 valence electrons. The molecule has 1 aliphatic rings. The molecule has 2 N–H and O–H groups in total. The van der Waals surface area contributed by atoms with Crippen molar-refractivity contribution >= 4 is 54.1 Å². The number of benzene rings is 2. The Labute approximate surface area is 195 Å². The van der Waals surface area contributed by atoms with Crippen LogP contribution in [0.2, 0.25) is 0 Å². The average molecular weight is 599 g/mol. The Morgan fingerprint density at radius 1 is 0.909 bits per heavy atom. The second kappa shape index (κ2) is 9.48. The van der Waals surface area contributed by atoms with Crippen molar-refractivity contribution in [1.29, 1.82) is 0 Å². The molecular formula is C21H17F6IN3OP. The number of alkyl halides is 6. The highest BCUT2D eigenvalue weighted by atomic mass is 127. The fraction of sp³-hybridized carbons (Fsp3) is 0.190. The van der Waals surface area contributed by atoms with Gasteiger partial charge in [0.05, 0.1) is 5.56 Å². The first kappa shape index (κ1) is 25.3. The molecule has 0 aromatic heterocycles. The Morgan fingerprint density at radius 2 is 1.58 bits per heavy atom. The summed E-state index contributed by atoms with van der Waals surface area (Å²) in [6.45, 7) is 3.23. The van der Waals surface area contributed by atoms with Crippen molar-refractivity contribution in [3.05, 3.63) is 69.6 Å². The second-order valence-corrected chi connectivity index (χ2v) is 12.3. The molecule has 0 spiro atoms. The molecule has 33 heavy (non-hydrogen) atoms. The van der Waals surface area contributed by atoms with E-state index in [0.717, 1.165) is 16.2 Å². The van der Waals surface area contributed by atoms with Gasteiger partial charge in [0.25, 0.3) is 0 Å². The molecule has 12 heteroatoms. The number of rotatable bonds is 4. The molecule has 2 aromatic carbocycles. The second-order valence-electron chi connectivity index (χ2n) is 7.26. The molecule has 4 nitrogen and oxygen atoms in total. The number of halogens is 7. The zero-order valence-corrected chi connectivity index (χ0v) is 20.2. The van der Waals surface area contributed by atoms with Crippen LogP contribution in [-0.2, 0) is 10.7 Å². The predicted molar refractivity (Wildman–Crippen MR) is 128 cm³/mol. The van der Waals surface area contributed by atoms with Gasteiger partial charge < -0.3 is 15.2 Å². The number of nitrogens with zero attached hydrogens (tertiary/aromatic N) is 1. The molecule has 0 saturated carbocycles. The standard InChI is InChI=1S/C21H17F6IN3OP/c1-33(2,32)16-8-6-14(7-9-16)29-18-12-28-11-17(21(25,26)27)19(31-18)30-15-5-3-4-13(10-15)20(22,23)24/h3-11,29H,1-2H3,(H,30,31). The average Bonchev–Trinajstić information content (AvgIpc) is 2.89. The fourth-order valence-electron chi connectivity index (χ4n) is 2.67. The molecule has 0 atom stereocenters. The Bertz CT molecular complexity index is 1220. The number of aliphatic imine (C=N–C) groups is 1. The van der Waals surface area contributed by atoms with E-state index in [9.17, 15) is 30.9 Å². The molecule has 0 bridgehead atoms. The third kappa shape index (κ3) is 6.82. The zero-order valence-electron chi connectivity index (χ0n) is 17.1. The van der Waals surface area contributed by atoms with E-state index in [2.05, 4.69) is 19.3 Å². The van der Waals surface area contributed by atoms with E-state index in [1.54, 1.807) is 37.6 Å². The summed E-state index contributed by atoms with van der Waals surface area (Å²) in [7, 11) is -2.48. The summed E-state index contributed by atoms with van der Waals surface area (Å²) in [5.74, 6) is -0.644. The lowest BCUT2D eigenvalue weighted by Crippen LogP contribution is -2.26. The van der Waals surface area contributed by atoms with Gasteiger partial charge in [0, 0.05) is 16.7 Å². The molecule has 0 amide bonds. The lowest BCUT2D eigenvalue weighted by atomic mass is 10.2. The Morgan fingerprint density at radius 3 is 2.15 bits per heavy atom. The Hall–Kier alpha value is -2.36. The number of amidine groups is 1. The van der Waals surface area contributed by atoms with Crippen LogP contribution in [0.4, 0.5) is 37.7 Å². The number of nitrogens with one attached hydrogen (secondary N) is 2. The Balaban J connectivity index is 1.93. The van der Waals surface area contributed by atoms with Crippen molar-refractivity contribution in [2.75, 3.05) is 24.0 Å². The molecule has 3 rings (SSSR count). The van der Waals surface area contributed by atoms with Crippen LogP contribution < -0.4 is 15.9 Å². The van der Waals surface area contributed by atoms with Gasteiger partial charge in [0.15, 0.2) is 5.82 Å². The van der Waals surface area contributed by atoms with Gasteiger partial charge in [0.2, 0.25) is 0 Å². The minimum atomic E-state index is -4.77. The number of hydrogen-bond donors (Lipinski definition) is 2. The van der Waals surface area contributed by atoms with Gasteiger partial charge in [-0.15, -0.1) is 0 Å². The SMILES string of the molecule is CP(C)(=O)c1ccc(NC2=C=IC=C(C(F)(F)F)C(Nc3cccc(C(F)(F)F)c3)=N2)cc1. The molecule has 0 aliphatic carbocycles. The highest BCUT2D eigenvalue weighted by molar-refractivity contribution is 14.2. The maximum Gasteiger partial charge on any atom is 0.420 e. The first-order valence-corrected chi connectivity index (χ1v) is 14.1. The topological polar surface area (TPSA) is 53.5 Å². The van der Waals surface area contributed by atoms with Crippen LogP contribution in [0, 0.1) is 0 Å². The van der Waals surface area contributed by atoms with E-state index in [-0.39, 0.29) is 11.5 Å². The summed E-state index contributed by atoms with van der Waals surface area (Å²) in [5, 5.41) is 5.87. The van der Waals surface area contributed by atoms with E-state index in [0.29, 0.717) is 17.1 Å². The van der Waals surface area contributed by atoms with Crippen molar-refractivity contribution in [2.45, 2.75) is 12.4 Å². The van der Waals surface area contributed by atoms with E-state index < -0.39 is 57.2 Å². The molecule has 0 fully saturated rings. The van der Waals surface area contributed by atoms with Crippen LogP contribution >= 0.6 is 27.9 Å². The molecule has 0 radical (unpaired) electrons. The quantitative estimate of drug-likeness (QED) is 0.238. The summed E-state index contributed by atoms with van der Waals surface area (Å²) in [6, 6.07) is 10.3. The molecule has 0 saturated heterocycles. The van der Waals surface area contributed by atoms with Gasteiger partial charge in [-0.1, -0.05) is 6.07 Å². The molecule has 2 aromatic rings. The van der Waals surface area contributed by atoms with E-state index in [1.807, 2.05) is 0 Å². The highest BCUT2D eigenvalue weighted by Crippen LogP contribution is 2.35. The molecule has 0 unspecified atom stereocenters. The smallest absolute Gasteiger partial charge is 0.340 e. The molecule has 1 heterocycles. The summed E-state index contributed by atoms with van der Waals surface area (Å²) in [5.41, 5.74) is -1.79. The number of anilines is 2. The Kier molecular flexibility index (Phi) is 7.26. The summed E-state index contributed by atoms with van der Waals surface area (Å²) in [4.78, 5) is 3.98. The largest absolute Gasteiger partial charge is 0.420 e. The van der Waals surface area contributed by atoms with E-state index in [1.165, 1.54) is 6.07 Å². The van der Waals surface area contributed by atoms with Crippen LogP contribution in [-0.4, -0.2) is 29.0 Å². The lowest BCUT2D eigenvalue weighted by molar-refractivity contribution is -0.137. The third-order valence-electron chi connectivity index (χ3n) is 4.30. The van der Waals surface area contributed by atoms with Gasteiger partial charge >= 0.3 is 12.4 Å². The van der Waals surface area contributed by atoms with Gasteiger partial charge in [-0.2, -0.15) is 26.3 Å². The van der Waals surface area contributed by atoms with Crippen molar-refractivity contribution in [2.24, 2.45) is 4.99 Å². The minimum absolute atomic E-state index is 0.00305. The highest BCUT2D eigenvalue weighted by Gasteiger charge is 2.38. The van der Waals surface area contributed by atoms with Crippen molar-refractivity contribution in [3.8, 4) is 0 Å². The summed E-state index contributed by atoms with van der Waals surface area (Å²) in [6.07, 6.45) is -9.42. The van der Waals surface area contributed by atoms with Gasteiger partial charge in [0.1, 0.15) is 18.6 Å². The van der Waals surface area contributed by atoms with E-state index >= 15 is 0 Å². The third-order valence-corrected chi connectivity index (χ3v) is 7.59. The van der Waals surface area contributed by atoms with Crippen molar-refractivity contribution in [1.82, 2.24) is 0 Å². The summed E-state index contributed by atoms with van der Waals surface area (Å²) >= 11 is -1.32. The monoisotopic (exact) mass is 599 g/mol. The first-order valence-electron chi connectivity index (χ1n) is 9.22. The van der Waals surface area contributed by atoms with Crippen LogP contribution in [0.5, 0.6) is 0 Å². The van der Waals surface area contributed by atoms with Gasteiger partial charge in [-0.3, -0.25) is 0 Å². The molecular weight excluding hydrogens is 582 g/mol. The summed E-state index contributed by atoms with van der Waals surface area (Å²) < 4.78 is 95.8. The maximum absolute atomic E-state index is 13.6.